The third-order valence-electron chi connectivity index (χ3n) is 9.84. The highest BCUT2D eigenvalue weighted by Gasteiger charge is 2.44. The summed E-state index contributed by atoms with van der Waals surface area (Å²) in [7, 11) is 0. The average molecular weight is 523 g/mol. The minimum Gasteiger partial charge on any atom is -0.494 e. The zero-order chi connectivity index (χ0) is 25.1. The van der Waals surface area contributed by atoms with Crippen molar-refractivity contribution < 1.29 is 15.3 Å². The first-order valence-corrected chi connectivity index (χ1v) is 15.0. The van der Waals surface area contributed by atoms with Crippen LogP contribution in [-0.4, -0.2) is 68.0 Å². The van der Waals surface area contributed by atoms with Gasteiger partial charge in [-0.2, -0.15) is 4.37 Å². The summed E-state index contributed by atoms with van der Waals surface area (Å²) in [6, 6.07) is 8.52. The predicted molar refractivity (Wildman–Crippen MR) is 147 cm³/mol. The Kier molecular flexibility index (Phi) is 6.09. The van der Waals surface area contributed by atoms with Crippen molar-refractivity contribution in [2.75, 3.05) is 37.6 Å². The number of nitrogens with zero attached hydrogens (tertiary/aromatic N) is 4. The number of rotatable bonds is 5. The first-order valence-electron chi connectivity index (χ1n) is 14.2. The van der Waals surface area contributed by atoms with Gasteiger partial charge in [0.25, 0.3) is 0 Å². The molecule has 37 heavy (non-hydrogen) atoms. The molecule has 2 aromatic heterocycles. The van der Waals surface area contributed by atoms with E-state index in [0.717, 1.165) is 75.4 Å². The molecule has 1 saturated heterocycles. The molecule has 0 amide bonds. The molecule has 2 saturated carbocycles. The number of aliphatic hydroxyl groups excluding tert-OH is 1. The molecule has 1 aromatic carbocycles. The molecule has 5 unspecified atom stereocenters. The number of aromatic nitrogens is 2. The standard InChI is InChI=1S/C29H38N4O3S/c34-24-15-18-13-22(24)26-23(14-18)28(35)33(29(26)36)17-20-6-2-1-5-19(20)16-31-9-11-32(12-10-31)27-21-7-3-4-8-25(21)37-30-27/h3-4,7-8,18-20,22,24,34-36H,1-2,5-6,9-17H2. The highest BCUT2D eigenvalue weighted by Crippen LogP contribution is 2.53. The number of benzene rings is 1. The minimum atomic E-state index is -0.393. The molecule has 4 aliphatic rings. The smallest absolute Gasteiger partial charge is 0.197 e. The van der Waals surface area contributed by atoms with Crippen LogP contribution in [-0.2, 0) is 13.0 Å². The van der Waals surface area contributed by atoms with Gasteiger partial charge in [0.15, 0.2) is 11.8 Å². The number of piperazine rings is 1. The summed E-state index contributed by atoms with van der Waals surface area (Å²) >= 11 is 1.59. The Balaban J connectivity index is 1.03. The van der Waals surface area contributed by atoms with Crippen molar-refractivity contribution in [1.82, 2.24) is 13.8 Å². The van der Waals surface area contributed by atoms with E-state index in [0.29, 0.717) is 24.3 Å². The molecule has 3 aromatic rings. The lowest BCUT2D eigenvalue weighted by Crippen LogP contribution is -2.49. The van der Waals surface area contributed by atoms with E-state index < -0.39 is 6.10 Å². The summed E-state index contributed by atoms with van der Waals surface area (Å²) in [4.78, 5) is 5.06. The van der Waals surface area contributed by atoms with Gasteiger partial charge in [0.1, 0.15) is 5.82 Å². The lowest BCUT2D eigenvalue weighted by Gasteiger charge is -2.40. The number of hydrogen-bond donors (Lipinski definition) is 3. The van der Waals surface area contributed by atoms with Crippen LogP contribution in [0.15, 0.2) is 24.3 Å². The maximum absolute atomic E-state index is 11.2. The van der Waals surface area contributed by atoms with Crippen molar-refractivity contribution in [2.45, 2.75) is 63.5 Å². The van der Waals surface area contributed by atoms with Gasteiger partial charge in [-0.25, -0.2) is 0 Å². The summed E-state index contributed by atoms with van der Waals surface area (Å²) in [6.07, 6.45) is 6.95. The first-order chi connectivity index (χ1) is 18.1. The molecule has 1 aliphatic heterocycles. The quantitative estimate of drug-likeness (QED) is 0.456. The molecule has 3 N–H and O–H groups in total. The zero-order valence-corrected chi connectivity index (χ0v) is 22.2. The average Bonchev–Trinajstić information content (AvgIpc) is 3.54. The van der Waals surface area contributed by atoms with Gasteiger partial charge in [0, 0.05) is 61.7 Å². The van der Waals surface area contributed by atoms with Gasteiger partial charge in [0.05, 0.1) is 10.8 Å². The molecule has 3 fully saturated rings. The van der Waals surface area contributed by atoms with Gasteiger partial charge < -0.3 is 20.2 Å². The van der Waals surface area contributed by atoms with E-state index >= 15 is 0 Å². The van der Waals surface area contributed by atoms with E-state index in [1.54, 1.807) is 16.1 Å². The second kappa shape index (κ2) is 9.47. The van der Waals surface area contributed by atoms with Crippen LogP contribution in [0.4, 0.5) is 5.82 Å². The van der Waals surface area contributed by atoms with Crippen LogP contribution >= 0.6 is 11.5 Å². The number of hydrogen-bond acceptors (Lipinski definition) is 7. The third kappa shape index (κ3) is 4.12. The van der Waals surface area contributed by atoms with Gasteiger partial charge in [0.2, 0.25) is 0 Å². The highest BCUT2D eigenvalue weighted by molar-refractivity contribution is 7.13. The van der Waals surface area contributed by atoms with Crippen molar-refractivity contribution in [3.8, 4) is 11.8 Å². The monoisotopic (exact) mass is 522 g/mol. The lowest BCUT2D eigenvalue weighted by atomic mass is 9.78. The van der Waals surface area contributed by atoms with E-state index in [-0.39, 0.29) is 17.7 Å². The van der Waals surface area contributed by atoms with Crippen LogP contribution in [0.5, 0.6) is 11.8 Å². The van der Waals surface area contributed by atoms with Gasteiger partial charge in [-0.05, 0) is 73.5 Å². The largest absolute Gasteiger partial charge is 0.494 e. The summed E-state index contributed by atoms with van der Waals surface area (Å²) in [5, 5.41) is 34.1. The van der Waals surface area contributed by atoms with E-state index in [2.05, 4.69) is 34.1 Å². The van der Waals surface area contributed by atoms with Gasteiger partial charge in [-0.1, -0.05) is 25.0 Å². The Morgan fingerprint density at radius 2 is 1.68 bits per heavy atom. The fourth-order valence-electron chi connectivity index (χ4n) is 7.89. The second-order valence-corrected chi connectivity index (χ2v) is 12.8. The topological polar surface area (TPSA) is 85.0 Å². The van der Waals surface area contributed by atoms with Crippen LogP contribution < -0.4 is 4.90 Å². The Morgan fingerprint density at radius 3 is 2.49 bits per heavy atom. The third-order valence-corrected chi connectivity index (χ3v) is 10.7. The molecule has 0 spiro atoms. The van der Waals surface area contributed by atoms with Crippen LogP contribution in [0.1, 0.15) is 55.6 Å². The lowest BCUT2D eigenvalue weighted by molar-refractivity contribution is 0.130. The van der Waals surface area contributed by atoms with Crippen molar-refractivity contribution in [2.24, 2.45) is 17.8 Å². The van der Waals surface area contributed by atoms with Gasteiger partial charge >= 0.3 is 0 Å². The number of anilines is 1. The molecule has 3 heterocycles. The minimum absolute atomic E-state index is 0.0193. The Bertz CT molecular complexity index is 1280. The number of fused-ring (bicyclic) bond motifs is 5. The predicted octanol–water partition coefficient (Wildman–Crippen LogP) is 4.55. The summed E-state index contributed by atoms with van der Waals surface area (Å²) in [6.45, 7) is 5.86. The molecule has 2 bridgehead atoms. The molecule has 0 radical (unpaired) electrons. The number of aromatic hydroxyl groups is 2. The first kappa shape index (κ1) is 23.8. The Labute approximate surface area is 222 Å². The maximum atomic E-state index is 11.2. The van der Waals surface area contributed by atoms with Crippen molar-refractivity contribution in [3.05, 3.63) is 35.4 Å². The summed E-state index contributed by atoms with van der Waals surface area (Å²) < 4.78 is 7.80. The van der Waals surface area contributed by atoms with Crippen molar-refractivity contribution >= 4 is 27.4 Å². The van der Waals surface area contributed by atoms with E-state index in [1.807, 2.05) is 0 Å². The zero-order valence-electron chi connectivity index (χ0n) is 21.4. The van der Waals surface area contributed by atoms with Gasteiger partial charge in [-0.3, -0.25) is 9.47 Å². The maximum Gasteiger partial charge on any atom is 0.197 e. The molecule has 198 valence electrons. The fourth-order valence-corrected chi connectivity index (χ4v) is 8.68. The van der Waals surface area contributed by atoms with E-state index in [9.17, 15) is 15.3 Å². The molecular formula is C29H38N4O3S. The highest BCUT2D eigenvalue weighted by atomic mass is 32.1. The SMILES string of the molecule is Oc1c2c(c(O)n1CC1CCCCC1CN1CCN(c3nsc4ccccc34)CC1)C1CC(C2)CC1O. The van der Waals surface area contributed by atoms with Crippen LogP contribution in [0.2, 0.25) is 0 Å². The number of aliphatic hydroxyl groups is 1. The van der Waals surface area contributed by atoms with Crippen molar-refractivity contribution in [3.63, 3.8) is 0 Å². The van der Waals surface area contributed by atoms with Crippen LogP contribution in [0.3, 0.4) is 0 Å². The van der Waals surface area contributed by atoms with Gasteiger partial charge in [-0.15, -0.1) is 0 Å². The molecule has 7 nitrogen and oxygen atoms in total. The Morgan fingerprint density at radius 1 is 0.919 bits per heavy atom. The molecule has 5 atom stereocenters. The summed E-state index contributed by atoms with van der Waals surface area (Å²) in [5.74, 6) is 3.03. The fraction of sp³-hybridized carbons (Fsp3) is 0.621. The second-order valence-electron chi connectivity index (χ2n) is 12.0. The van der Waals surface area contributed by atoms with E-state index in [4.69, 9.17) is 4.37 Å². The molecular weight excluding hydrogens is 484 g/mol. The Hall–Kier alpha value is -2.29. The van der Waals surface area contributed by atoms with Crippen molar-refractivity contribution in [1.29, 1.82) is 0 Å². The van der Waals surface area contributed by atoms with Crippen LogP contribution in [0, 0.1) is 17.8 Å². The molecule has 8 heteroatoms. The summed E-state index contributed by atoms with van der Waals surface area (Å²) in [5.41, 5.74) is 1.73. The normalized spacial score (nSPS) is 30.2. The molecule has 3 aliphatic carbocycles. The van der Waals surface area contributed by atoms with E-state index in [1.165, 1.54) is 29.3 Å². The molecule has 7 rings (SSSR count). The van der Waals surface area contributed by atoms with Crippen LogP contribution in [0.25, 0.3) is 10.1 Å².